The number of rotatable bonds is 5. The van der Waals surface area contributed by atoms with Crippen LogP contribution in [0.4, 0.5) is 0 Å². The fraction of sp³-hybridized carbons (Fsp3) is 1.00. The Morgan fingerprint density at radius 3 is 2.62 bits per heavy atom. The molecule has 0 aromatic rings. The maximum Gasteiger partial charge on any atom is 0.0509 e. The van der Waals surface area contributed by atoms with Crippen molar-refractivity contribution < 1.29 is 4.21 Å². The standard InChI is InChI=1S/C18H35NOS/c1-5-12-19-17-16(10-7-11-18(17,3)4)21(20)15-9-6-8-14(2)13-15/h14-17,19H,5-13H2,1-4H3. The maximum absolute atomic E-state index is 13.2. The normalized spacial score (nSPS) is 38.1. The Morgan fingerprint density at radius 1 is 1.19 bits per heavy atom. The van der Waals surface area contributed by atoms with E-state index in [2.05, 4.69) is 33.0 Å². The van der Waals surface area contributed by atoms with Crippen LogP contribution in [0, 0.1) is 11.3 Å². The van der Waals surface area contributed by atoms with Gasteiger partial charge in [0, 0.05) is 22.1 Å². The Labute approximate surface area is 134 Å². The fourth-order valence-electron chi connectivity index (χ4n) is 4.38. The zero-order chi connectivity index (χ0) is 15.5. The Balaban J connectivity index is 2.08. The molecule has 2 rings (SSSR count). The van der Waals surface area contributed by atoms with E-state index in [4.69, 9.17) is 0 Å². The van der Waals surface area contributed by atoms with Crippen molar-refractivity contribution in [2.24, 2.45) is 11.3 Å². The van der Waals surface area contributed by atoms with Crippen LogP contribution in [0.25, 0.3) is 0 Å². The van der Waals surface area contributed by atoms with E-state index in [-0.39, 0.29) is 5.41 Å². The molecule has 0 aromatic carbocycles. The Bertz CT molecular complexity index is 355. The van der Waals surface area contributed by atoms with Crippen LogP contribution in [0.1, 0.15) is 79.1 Å². The third-order valence-corrected chi connectivity index (χ3v) is 7.84. The highest BCUT2D eigenvalue weighted by molar-refractivity contribution is 7.86. The molecule has 3 heteroatoms. The first-order valence-corrected chi connectivity index (χ1v) is 10.4. The summed E-state index contributed by atoms with van der Waals surface area (Å²) in [7, 11) is -0.656. The molecule has 1 N–H and O–H groups in total. The van der Waals surface area contributed by atoms with E-state index in [0.29, 0.717) is 16.5 Å². The van der Waals surface area contributed by atoms with Crippen molar-refractivity contribution in [2.75, 3.05) is 6.54 Å². The van der Waals surface area contributed by atoms with Crippen LogP contribution in [0.2, 0.25) is 0 Å². The molecule has 0 saturated heterocycles. The van der Waals surface area contributed by atoms with Gasteiger partial charge in [-0.05, 0) is 50.0 Å². The topological polar surface area (TPSA) is 29.1 Å². The van der Waals surface area contributed by atoms with Crippen molar-refractivity contribution in [2.45, 2.75) is 95.6 Å². The van der Waals surface area contributed by atoms with Gasteiger partial charge in [0.25, 0.3) is 0 Å². The lowest BCUT2D eigenvalue weighted by molar-refractivity contribution is 0.172. The van der Waals surface area contributed by atoms with Gasteiger partial charge in [-0.1, -0.05) is 47.0 Å². The van der Waals surface area contributed by atoms with Crippen molar-refractivity contribution in [1.29, 1.82) is 0 Å². The second-order valence-electron chi connectivity index (χ2n) is 8.07. The quantitative estimate of drug-likeness (QED) is 0.821. The predicted molar refractivity (Wildman–Crippen MR) is 93.1 cm³/mol. The first-order chi connectivity index (χ1) is 9.95. The van der Waals surface area contributed by atoms with Gasteiger partial charge in [0.2, 0.25) is 0 Å². The Hall–Kier alpha value is 0.110. The minimum absolute atomic E-state index is 0.286. The van der Waals surface area contributed by atoms with Gasteiger partial charge >= 0.3 is 0 Å². The van der Waals surface area contributed by atoms with E-state index in [1.807, 2.05) is 0 Å². The lowest BCUT2D eigenvalue weighted by Gasteiger charge is -2.45. The van der Waals surface area contributed by atoms with Crippen molar-refractivity contribution in [1.82, 2.24) is 5.32 Å². The second kappa shape index (κ2) is 7.59. The van der Waals surface area contributed by atoms with E-state index in [1.165, 1.54) is 38.5 Å². The van der Waals surface area contributed by atoms with Crippen molar-refractivity contribution in [3.05, 3.63) is 0 Å². The molecule has 2 aliphatic rings. The maximum atomic E-state index is 13.2. The molecule has 0 amide bonds. The number of nitrogens with one attached hydrogen (secondary N) is 1. The highest BCUT2D eigenvalue weighted by Gasteiger charge is 2.43. The van der Waals surface area contributed by atoms with Gasteiger partial charge < -0.3 is 5.32 Å². The molecule has 0 aliphatic heterocycles. The molecule has 5 atom stereocenters. The van der Waals surface area contributed by atoms with E-state index in [0.717, 1.165) is 25.3 Å². The molecule has 0 spiro atoms. The summed E-state index contributed by atoms with van der Waals surface area (Å²) in [6.07, 6.45) is 9.81. The summed E-state index contributed by atoms with van der Waals surface area (Å²) in [4.78, 5) is 0. The highest BCUT2D eigenvalue weighted by Crippen LogP contribution is 2.40. The molecule has 0 heterocycles. The first kappa shape index (κ1) is 17.5. The van der Waals surface area contributed by atoms with Crippen LogP contribution in [-0.2, 0) is 10.8 Å². The van der Waals surface area contributed by atoms with Crippen LogP contribution in [-0.4, -0.2) is 27.3 Å². The molecule has 5 unspecified atom stereocenters. The molecule has 21 heavy (non-hydrogen) atoms. The van der Waals surface area contributed by atoms with E-state index in [9.17, 15) is 4.21 Å². The summed E-state index contributed by atoms with van der Waals surface area (Å²) < 4.78 is 13.2. The van der Waals surface area contributed by atoms with E-state index < -0.39 is 10.8 Å². The summed E-state index contributed by atoms with van der Waals surface area (Å²) in [5.74, 6) is 0.770. The summed E-state index contributed by atoms with van der Waals surface area (Å²) in [5.41, 5.74) is 0.286. The average Bonchev–Trinajstić information content (AvgIpc) is 2.44. The fourth-order valence-corrected chi connectivity index (χ4v) is 6.92. The number of hydrogen-bond acceptors (Lipinski definition) is 2. The van der Waals surface area contributed by atoms with E-state index in [1.54, 1.807) is 0 Å². The zero-order valence-electron chi connectivity index (χ0n) is 14.5. The summed E-state index contributed by atoms with van der Waals surface area (Å²) >= 11 is 0. The largest absolute Gasteiger partial charge is 0.312 e. The molecular weight excluding hydrogens is 278 g/mol. The minimum Gasteiger partial charge on any atom is -0.312 e. The highest BCUT2D eigenvalue weighted by atomic mass is 32.2. The van der Waals surface area contributed by atoms with Crippen molar-refractivity contribution in [3.63, 3.8) is 0 Å². The molecule has 2 nitrogen and oxygen atoms in total. The van der Waals surface area contributed by atoms with Gasteiger partial charge in [-0.2, -0.15) is 0 Å². The molecule has 2 saturated carbocycles. The molecule has 124 valence electrons. The van der Waals surface area contributed by atoms with Crippen molar-refractivity contribution in [3.8, 4) is 0 Å². The van der Waals surface area contributed by atoms with Gasteiger partial charge in [0.1, 0.15) is 0 Å². The minimum atomic E-state index is -0.656. The smallest absolute Gasteiger partial charge is 0.0509 e. The molecule has 2 aliphatic carbocycles. The summed E-state index contributed by atoms with van der Waals surface area (Å²) in [6.45, 7) is 10.3. The van der Waals surface area contributed by atoms with Gasteiger partial charge in [0.05, 0.1) is 5.25 Å². The molecule has 2 fully saturated rings. The second-order valence-corrected chi connectivity index (χ2v) is 10.0. The van der Waals surface area contributed by atoms with Crippen LogP contribution in [0.15, 0.2) is 0 Å². The lowest BCUT2D eigenvalue weighted by Crippen LogP contribution is -2.55. The Morgan fingerprint density at radius 2 is 1.95 bits per heavy atom. The Kier molecular flexibility index (Phi) is 6.31. The predicted octanol–water partition coefficient (Wildman–Crippen LogP) is 4.26. The first-order valence-electron chi connectivity index (χ1n) is 9.08. The van der Waals surface area contributed by atoms with Gasteiger partial charge in [-0.15, -0.1) is 0 Å². The molecule has 0 radical (unpaired) electrons. The van der Waals surface area contributed by atoms with Crippen molar-refractivity contribution >= 4 is 10.8 Å². The third-order valence-electron chi connectivity index (χ3n) is 5.65. The van der Waals surface area contributed by atoms with Crippen LogP contribution >= 0.6 is 0 Å². The molecular formula is C18H35NOS. The van der Waals surface area contributed by atoms with Gasteiger partial charge in [0.15, 0.2) is 0 Å². The lowest BCUT2D eigenvalue weighted by atomic mass is 9.73. The summed E-state index contributed by atoms with van der Waals surface area (Å²) in [6, 6.07) is 0.435. The SMILES string of the molecule is CCCNC1C(S(=O)C2CCCC(C)C2)CCCC1(C)C. The third kappa shape index (κ3) is 4.31. The van der Waals surface area contributed by atoms with Crippen LogP contribution in [0.5, 0.6) is 0 Å². The van der Waals surface area contributed by atoms with Crippen LogP contribution in [0.3, 0.4) is 0 Å². The molecule has 0 bridgehead atoms. The average molecular weight is 314 g/mol. The van der Waals surface area contributed by atoms with Gasteiger partial charge in [-0.25, -0.2) is 0 Å². The zero-order valence-corrected chi connectivity index (χ0v) is 15.3. The number of hydrogen-bond donors (Lipinski definition) is 1. The monoisotopic (exact) mass is 313 g/mol. The van der Waals surface area contributed by atoms with Crippen LogP contribution < -0.4 is 5.32 Å². The molecule has 0 aromatic heterocycles. The van der Waals surface area contributed by atoms with E-state index >= 15 is 0 Å². The summed E-state index contributed by atoms with van der Waals surface area (Å²) in [5, 5.41) is 4.58. The van der Waals surface area contributed by atoms with Gasteiger partial charge in [-0.3, -0.25) is 4.21 Å².